The van der Waals surface area contributed by atoms with Crippen molar-refractivity contribution in [2.75, 3.05) is 25.6 Å². The second kappa shape index (κ2) is 5.72. The van der Waals surface area contributed by atoms with Crippen LogP contribution in [0.1, 0.15) is 12.8 Å². The van der Waals surface area contributed by atoms with Crippen molar-refractivity contribution in [2.45, 2.75) is 25.1 Å². The Kier molecular flexibility index (Phi) is 4.86. The van der Waals surface area contributed by atoms with Crippen molar-refractivity contribution < 1.29 is 22.7 Å². The molecule has 1 atom stereocenters. The number of nitrogens with zero attached hydrogens (tertiary/aromatic N) is 1. The van der Waals surface area contributed by atoms with Crippen molar-refractivity contribution in [3.05, 3.63) is 0 Å². The van der Waals surface area contributed by atoms with Gasteiger partial charge in [0.15, 0.2) is 0 Å². The van der Waals surface area contributed by atoms with Crippen LogP contribution in [0, 0.1) is 0 Å². The van der Waals surface area contributed by atoms with E-state index in [1.807, 2.05) is 0 Å². The summed E-state index contributed by atoms with van der Waals surface area (Å²) in [5, 5.41) is 0. The Labute approximate surface area is 96.5 Å². The molecule has 0 bridgehead atoms. The molecule has 1 fully saturated rings. The number of alkyl halides is 4. The van der Waals surface area contributed by atoms with Crippen LogP contribution in [0.25, 0.3) is 0 Å². The van der Waals surface area contributed by atoms with E-state index in [9.17, 15) is 18.0 Å². The summed E-state index contributed by atoms with van der Waals surface area (Å²) in [5.41, 5.74) is 0. The van der Waals surface area contributed by atoms with Crippen LogP contribution in [0.15, 0.2) is 0 Å². The van der Waals surface area contributed by atoms with Gasteiger partial charge in [0.25, 0.3) is 0 Å². The molecule has 16 heavy (non-hydrogen) atoms. The van der Waals surface area contributed by atoms with Crippen molar-refractivity contribution in [2.24, 2.45) is 0 Å². The first-order valence-electron chi connectivity index (χ1n) is 4.94. The van der Waals surface area contributed by atoms with Gasteiger partial charge in [-0.1, -0.05) is 0 Å². The van der Waals surface area contributed by atoms with Gasteiger partial charge in [0, 0.05) is 19.5 Å². The standard InChI is InChI=1S/C9H13ClF3NO2/c10-5-7-6-14(3-4-16-7)8(15)1-2-9(11,12)13/h7H,1-6H2. The first-order chi connectivity index (χ1) is 7.42. The Morgan fingerprint density at radius 2 is 2.19 bits per heavy atom. The van der Waals surface area contributed by atoms with Gasteiger partial charge in [-0.25, -0.2) is 0 Å². The molecule has 0 radical (unpaired) electrons. The van der Waals surface area contributed by atoms with Crippen LogP contribution < -0.4 is 0 Å². The van der Waals surface area contributed by atoms with Crippen molar-refractivity contribution >= 4 is 17.5 Å². The van der Waals surface area contributed by atoms with E-state index < -0.39 is 24.9 Å². The van der Waals surface area contributed by atoms with Crippen molar-refractivity contribution in [1.29, 1.82) is 0 Å². The number of ether oxygens (including phenoxy) is 1. The smallest absolute Gasteiger partial charge is 0.373 e. The maximum atomic E-state index is 11.9. The molecular formula is C9H13ClF3NO2. The van der Waals surface area contributed by atoms with Crippen LogP contribution in [-0.2, 0) is 9.53 Å². The molecule has 0 aliphatic carbocycles. The van der Waals surface area contributed by atoms with Gasteiger partial charge in [0.2, 0.25) is 5.91 Å². The largest absolute Gasteiger partial charge is 0.389 e. The first kappa shape index (κ1) is 13.6. The molecule has 1 aliphatic rings. The normalized spacial score (nSPS) is 22.2. The highest BCUT2D eigenvalue weighted by Crippen LogP contribution is 2.22. The Balaban J connectivity index is 2.36. The number of morpholine rings is 1. The van der Waals surface area contributed by atoms with E-state index in [2.05, 4.69) is 0 Å². The lowest BCUT2D eigenvalue weighted by Gasteiger charge is -2.32. The quantitative estimate of drug-likeness (QED) is 0.724. The third-order valence-electron chi connectivity index (χ3n) is 2.29. The molecule has 7 heteroatoms. The van der Waals surface area contributed by atoms with Gasteiger partial charge in [-0.05, 0) is 0 Å². The first-order valence-corrected chi connectivity index (χ1v) is 5.48. The molecule has 0 spiro atoms. The Morgan fingerprint density at radius 1 is 1.50 bits per heavy atom. The summed E-state index contributed by atoms with van der Waals surface area (Å²) in [6, 6.07) is 0. The fourth-order valence-electron chi connectivity index (χ4n) is 1.45. The second-order valence-corrected chi connectivity index (χ2v) is 3.91. The Morgan fingerprint density at radius 3 is 2.75 bits per heavy atom. The third kappa shape index (κ3) is 4.57. The zero-order valence-electron chi connectivity index (χ0n) is 8.60. The number of carbonyl (C=O) groups excluding carboxylic acids is 1. The van der Waals surface area contributed by atoms with E-state index >= 15 is 0 Å². The molecule has 3 nitrogen and oxygen atoms in total. The predicted octanol–water partition coefficient (Wildman–Crippen LogP) is 1.80. The summed E-state index contributed by atoms with van der Waals surface area (Å²) in [6.07, 6.45) is -6.13. The molecule has 0 N–H and O–H groups in total. The van der Waals surface area contributed by atoms with E-state index in [0.717, 1.165) is 0 Å². The molecule has 0 saturated carbocycles. The van der Waals surface area contributed by atoms with Crippen molar-refractivity contribution in [3.8, 4) is 0 Å². The summed E-state index contributed by atoms with van der Waals surface area (Å²) in [4.78, 5) is 12.8. The van der Waals surface area contributed by atoms with Gasteiger partial charge >= 0.3 is 6.18 Å². The summed E-state index contributed by atoms with van der Waals surface area (Å²) in [7, 11) is 0. The van der Waals surface area contributed by atoms with Gasteiger partial charge in [-0.15, -0.1) is 11.6 Å². The zero-order chi connectivity index (χ0) is 12.2. The molecule has 1 rings (SSSR count). The van der Waals surface area contributed by atoms with Crippen LogP contribution in [0.3, 0.4) is 0 Å². The molecule has 0 aromatic heterocycles. The number of halogens is 4. The van der Waals surface area contributed by atoms with Crippen LogP contribution in [0.4, 0.5) is 13.2 Å². The molecule has 1 saturated heterocycles. The maximum absolute atomic E-state index is 11.9. The fourth-order valence-corrected chi connectivity index (χ4v) is 1.63. The minimum atomic E-state index is -4.28. The van der Waals surface area contributed by atoms with Gasteiger partial charge < -0.3 is 9.64 Å². The van der Waals surface area contributed by atoms with Crippen LogP contribution in [0.5, 0.6) is 0 Å². The van der Waals surface area contributed by atoms with E-state index in [-0.39, 0.29) is 18.5 Å². The Hall–Kier alpha value is -0.490. The monoisotopic (exact) mass is 259 g/mol. The lowest BCUT2D eigenvalue weighted by molar-refractivity contribution is -0.152. The second-order valence-electron chi connectivity index (χ2n) is 3.60. The lowest BCUT2D eigenvalue weighted by atomic mass is 10.2. The highest BCUT2D eigenvalue weighted by molar-refractivity contribution is 6.18. The Bertz CT molecular complexity index is 247. The molecule has 1 aliphatic heterocycles. The van der Waals surface area contributed by atoms with E-state index in [0.29, 0.717) is 13.2 Å². The number of carbonyl (C=O) groups is 1. The van der Waals surface area contributed by atoms with Crippen molar-refractivity contribution in [1.82, 2.24) is 4.90 Å². The number of hydrogen-bond donors (Lipinski definition) is 0. The van der Waals surface area contributed by atoms with Crippen LogP contribution in [0.2, 0.25) is 0 Å². The third-order valence-corrected chi connectivity index (χ3v) is 2.63. The highest BCUT2D eigenvalue weighted by Gasteiger charge is 2.30. The van der Waals surface area contributed by atoms with Crippen molar-refractivity contribution in [3.63, 3.8) is 0 Å². The summed E-state index contributed by atoms with van der Waals surface area (Å²) in [5.74, 6) is -0.251. The summed E-state index contributed by atoms with van der Waals surface area (Å²) < 4.78 is 40.9. The van der Waals surface area contributed by atoms with E-state index in [4.69, 9.17) is 16.3 Å². The molecular weight excluding hydrogens is 247 g/mol. The molecule has 1 heterocycles. The van der Waals surface area contributed by atoms with Gasteiger partial charge in [0.05, 0.1) is 25.0 Å². The number of rotatable bonds is 3. The van der Waals surface area contributed by atoms with E-state index in [1.54, 1.807) is 0 Å². The lowest BCUT2D eigenvalue weighted by Crippen LogP contribution is -2.46. The van der Waals surface area contributed by atoms with Gasteiger partial charge in [-0.2, -0.15) is 13.2 Å². The fraction of sp³-hybridized carbons (Fsp3) is 0.889. The summed E-state index contributed by atoms with van der Waals surface area (Å²) >= 11 is 5.56. The topological polar surface area (TPSA) is 29.5 Å². The van der Waals surface area contributed by atoms with Crippen LogP contribution >= 0.6 is 11.6 Å². The minimum Gasteiger partial charge on any atom is -0.373 e. The molecule has 1 amide bonds. The molecule has 1 unspecified atom stereocenters. The molecule has 0 aromatic rings. The highest BCUT2D eigenvalue weighted by atomic mass is 35.5. The zero-order valence-corrected chi connectivity index (χ0v) is 9.35. The summed E-state index contributed by atoms with van der Waals surface area (Å²) in [6.45, 7) is 0.944. The number of hydrogen-bond acceptors (Lipinski definition) is 2. The molecule has 94 valence electrons. The SMILES string of the molecule is O=C(CCC(F)(F)F)N1CCOC(CCl)C1. The average molecular weight is 260 g/mol. The predicted molar refractivity (Wildman–Crippen MR) is 52.3 cm³/mol. The number of amides is 1. The minimum absolute atomic E-state index is 0.239. The van der Waals surface area contributed by atoms with Gasteiger partial charge in [0.1, 0.15) is 0 Å². The van der Waals surface area contributed by atoms with E-state index in [1.165, 1.54) is 4.90 Å². The van der Waals surface area contributed by atoms with Crippen LogP contribution in [-0.4, -0.2) is 48.7 Å². The maximum Gasteiger partial charge on any atom is 0.389 e. The molecule has 0 aromatic carbocycles. The van der Waals surface area contributed by atoms with Gasteiger partial charge in [-0.3, -0.25) is 4.79 Å². The average Bonchev–Trinajstić information content (AvgIpc) is 2.25.